The molecular weight excluding hydrogens is 342 g/mol. The topological polar surface area (TPSA) is 82.8 Å². The van der Waals surface area contributed by atoms with Gasteiger partial charge in [0.25, 0.3) is 0 Å². The second-order valence-corrected chi connectivity index (χ2v) is 6.75. The number of anilines is 1. The minimum absolute atomic E-state index is 0.575. The Balaban J connectivity index is 1.71. The Kier molecular flexibility index (Phi) is 4.06. The zero-order valence-corrected chi connectivity index (χ0v) is 14.1. The lowest BCUT2D eigenvalue weighted by Gasteiger charge is -2.08. The summed E-state index contributed by atoms with van der Waals surface area (Å²) in [6, 6.07) is 13.7. The van der Waals surface area contributed by atoms with Gasteiger partial charge in [0, 0.05) is 16.8 Å². The van der Waals surface area contributed by atoms with E-state index in [0.29, 0.717) is 22.5 Å². The number of thiazole rings is 1. The van der Waals surface area contributed by atoms with Crippen molar-refractivity contribution in [1.29, 1.82) is 0 Å². The Morgan fingerprint density at radius 2 is 2.00 bits per heavy atom. The van der Waals surface area contributed by atoms with E-state index >= 15 is 0 Å². The summed E-state index contributed by atoms with van der Waals surface area (Å²) in [7, 11) is 0. The predicted molar refractivity (Wildman–Crippen MR) is 95.1 cm³/mol. The Morgan fingerprint density at radius 1 is 1.12 bits per heavy atom. The van der Waals surface area contributed by atoms with Crippen molar-refractivity contribution in [3.8, 4) is 17.3 Å². The van der Waals surface area contributed by atoms with Gasteiger partial charge in [-0.2, -0.15) is 0 Å². The van der Waals surface area contributed by atoms with Crippen molar-refractivity contribution in [2.75, 3.05) is 5.73 Å². The summed E-state index contributed by atoms with van der Waals surface area (Å²) in [5.74, 6) is 2.03. The maximum atomic E-state index is 5.69. The Hall–Kier alpha value is -2.58. The summed E-state index contributed by atoms with van der Waals surface area (Å²) < 4.78 is 7.49. The molecule has 6 nitrogen and oxygen atoms in total. The lowest BCUT2D eigenvalue weighted by atomic mass is 10.3. The van der Waals surface area contributed by atoms with Crippen LogP contribution >= 0.6 is 23.1 Å². The summed E-state index contributed by atoms with van der Waals surface area (Å²) >= 11 is 3.00. The summed E-state index contributed by atoms with van der Waals surface area (Å²) in [6.07, 6.45) is 1.63. The number of benzene rings is 1. The molecule has 0 aliphatic carbocycles. The van der Waals surface area contributed by atoms with Crippen molar-refractivity contribution in [2.45, 2.75) is 10.9 Å². The molecule has 0 radical (unpaired) electrons. The molecule has 0 bridgehead atoms. The van der Waals surface area contributed by atoms with Crippen LogP contribution in [0.15, 0.2) is 63.7 Å². The van der Waals surface area contributed by atoms with Crippen molar-refractivity contribution in [3.63, 3.8) is 0 Å². The van der Waals surface area contributed by atoms with E-state index in [2.05, 4.69) is 15.2 Å². The van der Waals surface area contributed by atoms with E-state index in [4.69, 9.17) is 10.2 Å². The lowest BCUT2D eigenvalue weighted by Crippen LogP contribution is -1.99. The number of hydrogen-bond donors (Lipinski definition) is 1. The maximum absolute atomic E-state index is 5.69. The minimum atomic E-state index is 0.575. The number of nitrogens with two attached hydrogens (primary N) is 1. The molecule has 0 unspecified atom stereocenters. The summed E-state index contributed by atoms with van der Waals surface area (Å²) in [6.45, 7) is 0. The zero-order valence-electron chi connectivity index (χ0n) is 12.5. The molecular formula is C16H13N5OS2. The van der Waals surface area contributed by atoms with Gasteiger partial charge >= 0.3 is 0 Å². The van der Waals surface area contributed by atoms with Crippen LogP contribution in [0, 0.1) is 0 Å². The molecule has 0 saturated carbocycles. The van der Waals surface area contributed by atoms with Gasteiger partial charge in [0.2, 0.25) is 5.82 Å². The fourth-order valence-electron chi connectivity index (χ4n) is 2.27. The van der Waals surface area contributed by atoms with Crippen LogP contribution in [-0.4, -0.2) is 19.7 Å². The molecule has 3 heterocycles. The SMILES string of the molecule is Nc1nc(CSc2nnc(-c3ccco3)n2-c2ccccc2)cs1. The third-order valence-corrected chi connectivity index (χ3v) is 4.99. The fraction of sp³-hybridized carbons (Fsp3) is 0.0625. The van der Waals surface area contributed by atoms with Crippen molar-refractivity contribution < 1.29 is 4.42 Å². The monoisotopic (exact) mass is 355 g/mol. The average molecular weight is 355 g/mol. The lowest BCUT2D eigenvalue weighted by molar-refractivity contribution is 0.575. The Morgan fingerprint density at radius 3 is 2.71 bits per heavy atom. The quantitative estimate of drug-likeness (QED) is 0.547. The van der Waals surface area contributed by atoms with Crippen LogP contribution in [0.3, 0.4) is 0 Å². The molecule has 1 aromatic carbocycles. The maximum Gasteiger partial charge on any atom is 0.205 e. The van der Waals surface area contributed by atoms with Gasteiger partial charge in [0.05, 0.1) is 12.0 Å². The van der Waals surface area contributed by atoms with Crippen molar-refractivity contribution in [2.24, 2.45) is 0 Å². The first-order valence-corrected chi connectivity index (χ1v) is 9.05. The summed E-state index contributed by atoms with van der Waals surface area (Å²) in [4.78, 5) is 4.28. The molecule has 0 aliphatic rings. The van der Waals surface area contributed by atoms with Gasteiger partial charge in [-0.25, -0.2) is 4.98 Å². The molecule has 0 spiro atoms. The van der Waals surface area contributed by atoms with Crippen LogP contribution in [0.5, 0.6) is 0 Å². The molecule has 3 aromatic heterocycles. The number of para-hydroxylation sites is 1. The van der Waals surface area contributed by atoms with Gasteiger partial charge in [-0.15, -0.1) is 21.5 Å². The largest absolute Gasteiger partial charge is 0.461 e. The van der Waals surface area contributed by atoms with Gasteiger partial charge < -0.3 is 10.2 Å². The van der Waals surface area contributed by atoms with E-state index in [1.54, 1.807) is 18.0 Å². The van der Waals surface area contributed by atoms with E-state index in [0.717, 1.165) is 16.5 Å². The van der Waals surface area contributed by atoms with Crippen LogP contribution in [0.25, 0.3) is 17.3 Å². The van der Waals surface area contributed by atoms with Crippen molar-refractivity contribution in [1.82, 2.24) is 19.7 Å². The molecule has 4 aromatic rings. The van der Waals surface area contributed by atoms with E-state index in [-0.39, 0.29) is 0 Å². The van der Waals surface area contributed by atoms with E-state index in [1.807, 2.05) is 52.4 Å². The number of furan rings is 1. The highest BCUT2D eigenvalue weighted by molar-refractivity contribution is 7.98. The van der Waals surface area contributed by atoms with E-state index in [1.165, 1.54) is 11.3 Å². The van der Waals surface area contributed by atoms with Gasteiger partial charge in [-0.05, 0) is 24.3 Å². The number of rotatable bonds is 5. The zero-order chi connectivity index (χ0) is 16.4. The van der Waals surface area contributed by atoms with Gasteiger partial charge in [-0.3, -0.25) is 4.57 Å². The van der Waals surface area contributed by atoms with Crippen LogP contribution in [-0.2, 0) is 5.75 Å². The smallest absolute Gasteiger partial charge is 0.205 e. The summed E-state index contributed by atoms with van der Waals surface area (Å²) in [5.41, 5.74) is 7.60. The average Bonchev–Trinajstić information content (AvgIpc) is 3.34. The van der Waals surface area contributed by atoms with Crippen LogP contribution in [0.1, 0.15) is 5.69 Å². The second-order valence-electron chi connectivity index (χ2n) is 4.92. The van der Waals surface area contributed by atoms with Crippen LogP contribution in [0.4, 0.5) is 5.13 Å². The first-order valence-electron chi connectivity index (χ1n) is 7.18. The number of nitrogens with zero attached hydrogens (tertiary/aromatic N) is 4. The van der Waals surface area contributed by atoms with Crippen molar-refractivity contribution in [3.05, 3.63) is 59.8 Å². The second kappa shape index (κ2) is 6.50. The predicted octanol–water partition coefficient (Wildman–Crippen LogP) is 3.86. The summed E-state index contributed by atoms with van der Waals surface area (Å²) in [5, 5.41) is 11.9. The molecule has 120 valence electrons. The van der Waals surface area contributed by atoms with Crippen molar-refractivity contribution >= 4 is 28.2 Å². The van der Waals surface area contributed by atoms with Gasteiger partial charge in [0.1, 0.15) is 0 Å². The Labute approximate surface area is 146 Å². The standard InChI is InChI=1S/C16H13N5OS2/c17-15-18-11(9-23-15)10-24-16-20-19-14(13-7-4-8-22-13)21(16)12-5-2-1-3-6-12/h1-9H,10H2,(H2,17,18). The highest BCUT2D eigenvalue weighted by Crippen LogP contribution is 2.30. The van der Waals surface area contributed by atoms with Gasteiger partial charge in [0.15, 0.2) is 16.0 Å². The third kappa shape index (κ3) is 2.93. The number of hydrogen-bond acceptors (Lipinski definition) is 7. The molecule has 0 amide bonds. The highest BCUT2D eigenvalue weighted by atomic mass is 32.2. The molecule has 0 fully saturated rings. The number of aromatic nitrogens is 4. The first-order chi connectivity index (χ1) is 11.8. The third-order valence-electron chi connectivity index (χ3n) is 3.31. The first kappa shape index (κ1) is 15.0. The van der Waals surface area contributed by atoms with E-state index < -0.39 is 0 Å². The van der Waals surface area contributed by atoms with Crippen LogP contribution in [0.2, 0.25) is 0 Å². The normalized spacial score (nSPS) is 11.0. The highest BCUT2D eigenvalue weighted by Gasteiger charge is 2.18. The fourth-order valence-corrected chi connectivity index (χ4v) is 3.78. The number of thioether (sulfide) groups is 1. The molecule has 0 aliphatic heterocycles. The Bertz CT molecular complexity index is 931. The molecule has 8 heteroatoms. The molecule has 0 atom stereocenters. The molecule has 24 heavy (non-hydrogen) atoms. The molecule has 2 N–H and O–H groups in total. The minimum Gasteiger partial charge on any atom is -0.461 e. The molecule has 4 rings (SSSR count). The number of nitrogen functional groups attached to an aromatic ring is 1. The molecule has 0 saturated heterocycles. The van der Waals surface area contributed by atoms with Crippen LogP contribution < -0.4 is 5.73 Å². The van der Waals surface area contributed by atoms with Gasteiger partial charge in [-0.1, -0.05) is 30.0 Å². The van der Waals surface area contributed by atoms with E-state index in [9.17, 15) is 0 Å².